The molecule has 0 saturated carbocycles. The maximum Gasteiger partial charge on any atom is 0.308 e. The van der Waals surface area contributed by atoms with Gasteiger partial charge in [-0.1, -0.05) is 6.07 Å². The maximum absolute atomic E-state index is 12.6. The summed E-state index contributed by atoms with van der Waals surface area (Å²) in [6.07, 6.45) is 0. The number of carbonyl (C=O) groups excluding carboxylic acids is 4. The van der Waals surface area contributed by atoms with Crippen molar-refractivity contribution in [2.24, 2.45) is 0 Å². The van der Waals surface area contributed by atoms with Crippen LogP contribution in [0.2, 0.25) is 0 Å². The van der Waals surface area contributed by atoms with E-state index in [1.165, 1.54) is 44.4 Å². The molecule has 0 aliphatic carbocycles. The van der Waals surface area contributed by atoms with Gasteiger partial charge >= 0.3 is 5.97 Å². The molecule has 1 heterocycles. The summed E-state index contributed by atoms with van der Waals surface area (Å²) in [4.78, 5) is 48.8. The van der Waals surface area contributed by atoms with E-state index in [1.54, 1.807) is 30.3 Å². The van der Waals surface area contributed by atoms with E-state index in [0.717, 1.165) is 0 Å². The van der Waals surface area contributed by atoms with Crippen LogP contribution >= 0.6 is 0 Å². The zero-order chi connectivity index (χ0) is 25.7. The van der Waals surface area contributed by atoms with Gasteiger partial charge in [-0.3, -0.25) is 30.0 Å². The molecule has 1 aliphatic heterocycles. The number of anilines is 1. The molecule has 0 saturated heterocycles. The normalized spacial score (nSPS) is 11.3. The molecule has 4 rings (SSSR count). The van der Waals surface area contributed by atoms with Crippen LogP contribution in [0, 0.1) is 0 Å². The fraction of sp³-hybridized carbons (Fsp3) is 0.120. The van der Waals surface area contributed by atoms with E-state index in [2.05, 4.69) is 16.2 Å². The first-order chi connectivity index (χ1) is 17.3. The van der Waals surface area contributed by atoms with Crippen molar-refractivity contribution in [3.05, 3.63) is 77.4 Å². The highest BCUT2D eigenvalue weighted by Crippen LogP contribution is 2.32. The number of fused-ring (bicyclic) bond motifs is 1. The summed E-state index contributed by atoms with van der Waals surface area (Å²) < 4.78 is 20.7. The van der Waals surface area contributed by atoms with Crippen LogP contribution in [0.1, 0.15) is 38.0 Å². The lowest BCUT2D eigenvalue weighted by molar-refractivity contribution is -0.132. The number of methoxy groups -OCH3 is 1. The number of nitrogens with one attached hydrogen (secondary N) is 3. The highest BCUT2D eigenvalue weighted by Gasteiger charge is 2.17. The lowest BCUT2D eigenvalue weighted by atomic mass is 10.1. The molecule has 0 fully saturated rings. The molecular weight excluding hydrogens is 470 g/mol. The van der Waals surface area contributed by atoms with Crippen molar-refractivity contribution in [2.45, 2.75) is 6.92 Å². The van der Waals surface area contributed by atoms with Gasteiger partial charge in [-0.25, -0.2) is 0 Å². The second-order valence-corrected chi connectivity index (χ2v) is 7.47. The second-order valence-electron chi connectivity index (χ2n) is 7.47. The van der Waals surface area contributed by atoms with Crippen molar-refractivity contribution in [3.8, 4) is 23.0 Å². The van der Waals surface area contributed by atoms with Crippen LogP contribution in [-0.4, -0.2) is 37.6 Å². The number of benzene rings is 3. The van der Waals surface area contributed by atoms with Gasteiger partial charge in [0, 0.05) is 29.3 Å². The quantitative estimate of drug-likeness (QED) is 0.272. The Balaban J connectivity index is 1.37. The molecular formula is C25H21N3O8. The van der Waals surface area contributed by atoms with Crippen LogP contribution in [0.3, 0.4) is 0 Å². The van der Waals surface area contributed by atoms with E-state index < -0.39 is 23.7 Å². The monoisotopic (exact) mass is 491 g/mol. The predicted octanol–water partition coefficient (Wildman–Crippen LogP) is 2.68. The van der Waals surface area contributed by atoms with Crippen LogP contribution in [0.5, 0.6) is 23.0 Å². The van der Waals surface area contributed by atoms with Crippen molar-refractivity contribution in [3.63, 3.8) is 0 Å². The van der Waals surface area contributed by atoms with Crippen LogP contribution in [-0.2, 0) is 4.79 Å². The van der Waals surface area contributed by atoms with Crippen molar-refractivity contribution < 1.29 is 38.1 Å². The summed E-state index contributed by atoms with van der Waals surface area (Å²) in [5.41, 5.74) is 5.71. The number of amides is 3. The molecule has 11 nitrogen and oxygen atoms in total. The Labute approximate surface area is 205 Å². The second kappa shape index (κ2) is 10.5. The third-order valence-corrected chi connectivity index (χ3v) is 4.99. The topological polar surface area (TPSA) is 141 Å². The van der Waals surface area contributed by atoms with Crippen LogP contribution in [0.25, 0.3) is 0 Å². The number of hydrogen-bond acceptors (Lipinski definition) is 8. The number of hydrogen-bond donors (Lipinski definition) is 3. The first-order valence-electron chi connectivity index (χ1n) is 10.6. The standard InChI is InChI=1S/C25H21N3O8/c1-14(29)36-20-9-7-17(11-21(20)33-2)25(32)28-27-24(31)15-4-3-5-18(10-15)26-23(30)16-6-8-19-22(12-16)35-13-34-19/h3-12H,13H2,1-2H3,(H,26,30)(H,27,31)(H,28,32). The van der Waals surface area contributed by atoms with E-state index in [-0.39, 0.29) is 29.4 Å². The predicted molar refractivity (Wildman–Crippen MR) is 126 cm³/mol. The van der Waals surface area contributed by atoms with Crippen molar-refractivity contribution in [2.75, 3.05) is 19.2 Å². The molecule has 0 radical (unpaired) electrons. The SMILES string of the molecule is COc1cc(C(=O)NNC(=O)c2cccc(NC(=O)c3ccc4c(c3)OCO4)c2)ccc1OC(C)=O. The van der Waals surface area contributed by atoms with Gasteiger partial charge in [0.2, 0.25) is 6.79 Å². The van der Waals surface area contributed by atoms with Crippen molar-refractivity contribution in [1.82, 2.24) is 10.9 Å². The van der Waals surface area contributed by atoms with Gasteiger partial charge in [-0.15, -0.1) is 0 Å². The van der Waals surface area contributed by atoms with Gasteiger partial charge in [-0.2, -0.15) is 0 Å². The first-order valence-corrected chi connectivity index (χ1v) is 10.6. The molecule has 184 valence electrons. The van der Waals surface area contributed by atoms with Gasteiger partial charge in [0.25, 0.3) is 17.7 Å². The molecule has 3 N–H and O–H groups in total. The summed E-state index contributed by atoms with van der Waals surface area (Å²) in [5, 5.41) is 2.71. The van der Waals surface area contributed by atoms with Crippen molar-refractivity contribution >= 4 is 29.4 Å². The zero-order valence-electron chi connectivity index (χ0n) is 19.2. The number of ether oxygens (including phenoxy) is 4. The lowest BCUT2D eigenvalue weighted by Gasteiger charge is -2.11. The molecule has 0 atom stereocenters. The van der Waals surface area contributed by atoms with E-state index in [1.807, 2.05) is 0 Å². The van der Waals surface area contributed by atoms with Gasteiger partial charge in [0.1, 0.15) is 0 Å². The third-order valence-electron chi connectivity index (χ3n) is 4.99. The van der Waals surface area contributed by atoms with Gasteiger partial charge in [-0.05, 0) is 54.6 Å². The molecule has 3 aromatic rings. The molecule has 11 heteroatoms. The number of rotatable bonds is 6. The highest BCUT2D eigenvalue weighted by atomic mass is 16.7. The fourth-order valence-corrected chi connectivity index (χ4v) is 3.29. The molecule has 1 aliphatic rings. The molecule has 0 aromatic heterocycles. The van der Waals surface area contributed by atoms with E-state index in [0.29, 0.717) is 22.7 Å². The van der Waals surface area contributed by atoms with Gasteiger partial charge in [0.15, 0.2) is 23.0 Å². The Hall–Kier alpha value is -5.06. The van der Waals surface area contributed by atoms with Crippen molar-refractivity contribution in [1.29, 1.82) is 0 Å². The molecule has 3 amide bonds. The summed E-state index contributed by atoms with van der Waals surface area (Å²) >= 11 is 0. The number of esters is 1. The largest absolute Gasteiger partial charge is 0.493 e. The van der Waals surface area contributed by atoms with Crippen LogP contribution < -0.4 is 35.1 Å². The Morgan fingerprint density at radius 3 is 2.14 bits per heavy atom. The molecule has 0 unspecified atom stereocenters. The van der Waals surface area contributed by atoms with E-state index in [4.69, 9.17) is 18.9 Å². The van der Waals surface area contributed by atoms with Crippen LogP contribution in [0.15, 0.2) is 60.7 Å². The number of carbonyl (C=O) groups is 4. The smallest absolute Gasteiger partial charge is 0.308 e. The Kier molecular flexibility index (Phi) is 7.00. The Morgan fingerprint density at radius 2 is 1.42 bits per heavy atom. The third kappa shape index (κ3) is 5.53. The average molecular weight is 491 g/mol. The van der Waals surface area contributed by atoms with E-state index in [9.17, 15) is 19.2 Å². The molecule has 3 aromatic carbocycles. The fourth-order valence-electron chi connectivity index (χ4n) is 3.29. The summed E-state index contributed by atoms with van der Waals surface area (Å²) in [5.74, 6) is -0.789. The average Bonchev–Trinajstić information content (AvgIpc) is 3.35. The number of hydrazine groups is 1. The highest BCUT2D eigenvalue weighted by molar-refractivity contribution is 6.05. The summed E-state index contributed by atoms with van der Waals surface area (Å²) in [6.45, 7) is 1.34. The minimum atomic E-state index is -0.622. The zero-order valence-corrected chi connectivity index (χ0v) is 19.2. The lowest BCUT2D eigenvalue weighted by Crippen LogP contribution is -2.41. The Bertz CT molecular complexity index is 1350. The molecule has 0 bridgehead atoms. The van der Waals surface area contributed by atoms with Gasteiger partial charge in [0.05, 0.1) is 7.11 Å². The minimum absolute atomic E-state index is 0.0984. The van der Waals surface area contributed by atoms with Crippen LogP contribution in [0.4, 0.5) is 5.69 Å². The summed E-state index contributed by atoms with van der Waals surface area (Å²) in [6, 6.07) is 15.2. The summed E-state index contributed by atoms with van der Waals surface area (Å²) in [7, 11) is 1.37. The van der Waals surface area contributed by atoms with E-state index >= 15 is 0 Å². The molecule has 36 heavy (non-hydrogen) atoms. The first kappa shape index (κ1) is 24.1. The minimum Gasteiger partial charge on any atom is -0.493 e. The maximum atomic E-state index is 12.6. The van der Waals surface area contributed by atoms with Gasteiger partial charge < -0.3 is 24.3 Å². The Morgan fingerprint density at radius 1 is 0.750 bits per heavy atom. The molecule has 0 spiro atoms.